The SMILES string of the molecule is CCNC(=O)[C@@H](C)Oc1cccc(C(=O)OC)c1. The summed E-state index contributed by atoms with van der Waals surface area (Å²) >= 11 is 0. The lowest BCUT2D eigenvalue weighted by atomic mass is 10.2. The van der Waals surface area contributed by atoms with E-state index in [0.29, 0.717) is 17.9 Å². The van der Waals surface area contributed by atoms with Gasteiger partial charge in [-0.05, 0) is 32.0 Å². The predicted molar refractivity (Wildman–Crippen MR) is 66.6 cm³/mol. The van der Waals surface area contributed by atoms with Gasteiger partial charge in [0.25, 0.3) is 5.91 Å². The monoisotopic (exact) mass is 251 g/mol. The molecule has 5 heteroatoms. The Hall–Kier alpha value is -2.04. The summed E-state index contributed by atoms with van der Waals surface area (Å²) in [4.78, 5) is 22.8. The van der Waals surface area contributed by atoms with E-state index in [-0.39, 0.29) is 5.91 Å². The smallest absolute Gasteiger partial charge is 0.337 e. The maximum Gasteiger partial charge on any atom is 0.337 e. The molecule has 0 saturated heterocycles. The van der Waals surface area contributed by atoms with Gasteiger partial charge in [0.2, 0.25) is 0 Å². The molecule has 0 unspecified atom stereocenters. The molecule has 1 aromatic carbocycles. The number of carbonyl (C=O) groups excluding carboxylic acids is 2. The van der Waals surface area contributed by atoms with Crippen molar-refractivity contribution in [1.82, 2.24) is 5.32 Å². The molecular formula is C13H17NO4. The van der Waals surface area contributed by atoms with Crippen molar-refractivity contribution in [2.24, 2.45) is 0 Å². The van der Waals surface area contributed by atoms with Gasteiger partial charge in [-0.1, -0.05) is 6.07 Å². The number of methoxy groups -OCH3 is 1. The van der Waals surface area contributed by atoms with Gasteiger partial charge in [0.05, 0.1) is 12.7 Å². The van der Waals surface area contributed by atoms with Crippen LogP contribution in [-0.4, -0.2) is 31.6 Å². The van der Waals surface area contributed by atoms with Crippen molar-refractivity contribution in [2.75, 3.05) is 13.7 Å². The Labute approximate surface area is 106 Å². The molecule has 0 fully saturated rings. The molecule has 1 rings (SSSR count). The Balaban J connectivity index is 2.73. The second-order valence-corrected chi connectivity index (χ2v) is 3.67. The van der Waals surface area contributed by atoms with E-state index < -0.39 is 12.1 Å². The highest BCUT2D eigenvalue weighted by Crippen LogP contribution is 2.15. The van der Waals surface area contributed by atoms with Gasteiger partial charge >= 0.3 is 5.97 Å². The number of carbonyl (C=O) groups is 2. The Morgan fingerprint density at radius 2 is 2.11 bits per heavy atom. The fourth-order valence-corrected chi connectivity index (χ4v) is 1.39. The molecule has 0 heterocycles. The lowest BCUT2D eigenvalue weighted by Crippen LogP contribution is -2.36. The topological polar surface area (TPSA) is 64.6 Å². The molecule has 0 aliphatic heterocycles. The number of esters is 1. The molecule has 1 N–H and O–H groups in total. The molecule has 18 heavy (non-hydrogen) atoms. The van der Waals surface area contributed by atoms with E-state index in [4.69, 9.17) is 4.74 Å². The summed E-state index contributed by atoms with van der Waals surface area (Å²) < 4.78 is 10.1. The average Bonchev–Trinajstić information content (AvgIpc) is 2.38. The first-order valence-corrected chi connectivity index (χ1v) is 5.71. The molecule has 0 bridgehead atoms. The van der Waals surface area contributed by atoms with Crippen LogP contribution in [0.5, 0.6) is 5.75 Å². The maximum absolute atomic E-state index is 11.5. The Kier molecular flexibility index (Phi) is 5.17. The van der Waals surface area contributed by atoms with Crippen molar-refractivity contribution in [3.63, 3.8) is 0 Å². The van der Waals surface area contributed by atoms with Crippen molar-refractivity contribution in [3.8, 4) is 5.75 Å². The van der Waals surface area contributed by atoms with Gasteiger partial charge in [-0.25, -0.2) is 4.79 Å². The van der Waals surface area contributed by atoms with E-state index >= 15 is 0 Å². The van der Waals surface area contributed by atoms with Gasteiger partial charge < -0.3 is 14.8 Å². The molecule has 0 spiro atoms. The van der Waals surface area contributed by atoms with E-state index in [1.54, 1.807) is 31.2 Å². The van der Waals surface area contributed by atoms with E-state index in [1.165, 1.54) is 7.11 Å². The minimum Gasteiger partial charge on any atom is -0.481 e. The summed E-state index contributed by atoms with van der Waals surface area (Å²) in [5.74, 6) is -0.177. The summed E-state index contributed by atoms with van der Waals surface area (Å²) in [7, 11) is 1.31. The largest absolute Gasteiger partial charge is 0.481 e. The van der Waals surface area contributed by atoms with E-state index in [0.717, 1.165) is 0 Å². The van der Waals surface area contributed by atoms with Crippen LogP contribution >= 0.6 is 0 Å². The van der Waals surface area contributed by atoms with Crippen LogP contribution in [0.25, 0.3) is 0 Å². The summed E-state index contributed by atoms with van der Waals surface area (Å²) in [6.07, 6.45) is -0.613. The van der Waals surface area contributed by atoms with Crippen molar-refractivity contribution in [3.05, 3.63) is 29.8 Å². The molecule has 5 nitrogen and oxygen atoms in total. The zero-order valence-electron chi connectivity index (χ0n) is 10.7. The quantitative estimate of drug-likeness (QED) is 0.803. The van der Waals surface area contributed by atoms with Crippen LogP contribution in [-0.2, 0) is 9.53 Å². The van der Waals surface area contributed by atoms with Crippen LogP contribution in [0.4, 0.5) is 0 Å². The molecule has 1 atom stereocenters. The molecule has 0 saturated carbocycles. The van der Waals surface area contributed by atoms with Crippen LogP contribution in [0.1, 0.15) is 24.2 Å². The standard InChI is InChI=1S/C13H17NO4/c1-4-14-12(15)9(2)18-11-7-5-6-10(8-11)13(16)17-3/h5-9H,4H2,1-3H3,(H,14,15)/t9-/m1/s1. The van der Waals surface area contributed by atoms with Crippen LogP contribution in [0.15, 0.2) is 24.3 Å². The van der Waals surface area contributed by atoms with Gasteiger partial charge in [-0.3, -0.25) is 4.79 Å². The van der Waals surface area contributed by atoms with Gasteiger partial charge in [-0.2, -0.15) is 0 Å². The number of hydrogen-bond donors (Lipinski definition) is 1. The zero-order chi connectivity index (χ0) is 13.5. The first-order valence-electron chi connectivity index (χ1n) is 5.71. The van der Waals surface area contributed by atoms with Gasteiger partial charge in [0, 0.05) is 6.54 Å². The zero-order valence-corrected chi connectivity index (χ0v) is 10.7. The van der Waals surface area contributed by atoms with Gasteiger partial charge in [-0.15, -0.1) is 0 Å². The molecule has 1 aromatic rings. The van der Waals surface area contributed by atoms with Crippen LogP contribution in [0, 0.1) is 0 Å². The molecule has 0 radical (unpaired) electrons. The van der Waals surface area contributed by atoms with Crippen molar-refractivity contribution < 1.29 is 19.1 Å². The van der Waals surface area contributed by atoms with Crippen molar-refractivity contribution in [1.29, 1.82) is 0 Å². The molecule has 0 aliphatic carbocycles. The number of nitrogens with one attached hydrogen (secondary N) is 1. The average molecular weight is 251 g/mol. The van der Waals surface area contributed by atoms with Crippen LogP contribution in [0.3, 0.4) is 0 Å². The second-order valence-electron chi connectivity index (χ2n) is 3.67. The minimum atomic E-state index is -0.613. The van der Waals surface area contributed by atoms with Gasteiger partial charge in [0.1, 0.15) is 5.75 Å². The Morgan fingerprint density at radius 1 is 1.39 bits per heavy atom. The van der Waals surface area contributed by atoms with E-state index in [9.17, 15) is 9.59 Å². The first-order chi connectivity index (χ1) is 8.58. The first kappa shape index (κ1) is 14.0. The Morgan fingerprint density at radius 3 is 2.72 bits per heavy atom. The third kappa shape index (κ3) is 3.76. The number of rotatable bonds is 5. The van der Waals surface area contributed by atoms with Gasteiger partial charge in [0.15, 0.2) is 6.10 Å². The fraction of sp³-hybridized carbons (Fsp3) is 0.385. The van der Waals surface area contributed by atoms with E-state index in [1.807, 2.05) is 6.92 Å². The van der Waals surface area contributed by atoms with Crippen LogP contribution in [0.2, 0.25) is 0 Å². The number of ether oxygens (including phenoxy) is 2. The molecule has 1 amide bonds. The highest BCUT2D eigenvalue weighted by Gasteiger charge is 2.14. The fourth-order valence-electron chi connectivity index (χ4n) is 1.39. The third-order valence-electron chi connectivity index (χ3n) is 2.29. The third-order valence-corrected chi connectivity index (χ3v) is 2.29. The Bertz CT molecular complexity index is 431. The van der Waals surface area contributed by atoms with Crippen LogP contribution < -0.4 is 10.1 Å². The predicted octanol–water partition coefficient (Wildman–Crippen LogP) is 1.38. The van der Waals surface area contributed by atoms with Crippen molar-refractivity contribution >= 4 is 11.9 Å². The molecule has 0 aliphatic rings. The lowest BCUT2D eigenvalue weighted by Gasteiger charge is -2.14. The normalized spacial score (nSPS) is 11.5. The molecule has 98 valence electrons. The molecular weight excluding hydrogens is 234 g/mol. The second kappa shape index (κ2) is 6.64. The molecule has 0 aromatic heterocycles. The summed E-state index contributed by atoms with van der Waals surface area (Å²) in [6.45, 7) is 4.03. The number of benzene rings is 1. The summed E-state index contributed by atoms with van der Waals surface area (Å²) in [5.41, 5.74) is 0.387. The van der Waals surface area contributed by atoms with E-state index in [2.05, 4.69) is 10.1 Å². The maximum atomic E-state index is 11.5. The summed E-state index contributed by atoms with van der Waals surface area (Å²) in [6, 6.07) is 6.52. The number of hydrogen-bond acceptors (Lipinski definition) is 4. The number of likely N-dealkylation sites (N-methyl/N-ethyl adjacent to an activating group) is 1. The highest BCUT2D eigenvalue weighted by molar-refractivity contribution is 5.89. The minimum absolute atomic E-state index is 0.194. The summed E-state index contributed by atoms with van der Waals surface area (Å²) in [5, 5.41) is 2.66. The number of amides is 1. The lowest BCUT2D eigenvalue weighted by molar-refractivity contribution is -0.127. The highest BCUT2D eigenvalue weighted by atomic mass is 16.5. The van der Waals surface area contributed by atoms with Crippen molar-refractivity contribution in [2.45, 2.75) is 20.0 Å².